The molecule has 0 heterocycles. The molecule has 2 N–H and O–H groups in total. The third-order valence-electron chi connectivity index (χ3n) is 1.69. The Balaban J connectivity index is 3.23. The van der Waals surface area contributed by atoms with Gasteiger partial charge in [-0.3, -0.25) is 0 Å². The molecule has 0 amide bonds. The van der Waals surface area contributed by atoms with Gasteiger partial charge in [-0.05, 0) is 12.1 Å². The molecule has 0 aromatic heterocycles. The van der Waals surface area contributed by atoms with E-state index in [9.17, 15) is 5.11 Å². The molecule has 5 nitrogen and oxygen atoms in total. The molecule has 0 bridgehead atoms. The lowest BCUT2D eigenvalue weighted by Crippen LogP contribution is -1.93. The Labute approximate surface area is 81.2 Å². The van der Waals surface area contributed by atoms with Crippen molar-refractivity contribution < 1.29 is 19.8 Å². The van der Waals surface area contributed by atoms with E-state index < -0.39 is 0 Å². The van der Waals surface area contributed by atoms with Crippen LogP contribution in [0.4, 0.5) is 0 Å². The molecule has 1 aromatic carbocycles. The molecule has 0 radical (unpaired) electrons. The number of oxime groups is 1. The molecule has 14 heavy (non-hydrogen) atoms. The number of phenols is 1. The van der Waals surface area contributed by atoms with Crippen LogP contribution in [0, 0.1) is 0 Å². The van der Waals surface area contributed by atoms with Crippen molar-refractivity contribution in [2.75, 3.05) is 14.2 Å². The zero-order valence-electron chi connectivity index (χ0n) is 7.89. The molecule has 0 spiro atoms. The molecule has 5 heteroatoms. The summed E-state index contributed by atoms with van der Waals surface area (Å²) in [6.45, 7) is 0. The predicted molar refractivity (Wildman–Crippen MR) is 50.6 cm³/mol. The Morgan fingerprint density at radius 2 is 2.00 bits per heavy atom. The second-order valence-corrected chi connectivity index (χ2v) is 2.52. The van der Waals surface area contributed by atoms with Gasteiger partial charge in [0.05, 0.1) is 20.4 Å². The summed E-state index contributed by atoms with van der Waals surface area (Å²) >= 11 is 0. The van der Waals surface area contributed by atoms with E-state index in [0.29, 0.717) is 11.3 Å². The van der Waals surface area contributed by atoms with Gasteiger partial charge in [0, 0.05) is 5.56 Å². The molecule has 1 aromatic rings. The predicted octanol–water partition coefficient (Wildman–Crippen LogP) is 1.22. The fraction of sp³-hybridized carbons (Fsp3) is 0.222. The number of benzene rings is 1. The van der Waals surface area contributed by atoms with E-state index in [4.69, 9.17) is 14.7 Å². The lowest BCUT2D eigenvalue weighted by Gasteiger charge is -2.09. The molecule has 0 saturated carbocycles. The van der Waals surface area contributed by atoms with Crippen LogP contribution in [0.2, 0.25) is 0 Å². The number of ether oxygens (including phenoxy) is 2. The largest absolute Gasteiger partial charge is 0.504 e. The summed E-state index contributed by atoms with van der Waals surface area (Å²) in [5.41, 5.74) is 0.516. The first kappa shape index (κ1) is 10.2. The maximum atomic E-state index is 9.48. The number of methoxy groups -OCH3 is 2. The number of phenolic OH excluding ortho intramolecular Hbond substituents is 1. The minimum absolute atomic E-state index is 0.0678. The topological polar surface area (TPSA) is 71.3 Å². The van der Waals surface area contributed by atoms with Crippen LogP contribution in [-0.4, -0.2) is 30.7 Å². The number of aromatic hydroxyl groups is 1. The van der Waals surface area contributed by atoms with Gasteiger partial charge < -0.3 is 19.8 Å². The molecule has 0 aliphatic carbocycles. The zero-order valence-corrected chi connectivity index (χ0v) is 7.89. The van der Waals surface area contributed by atoms with E-state index >= 15 is 0 Å². The lowest BCUT2D eigenvalue weighted by atomic mass is 10.2. The summed E-state index contributed by atoms with van der Waals surface area (Å²) in [6, 6.07) is 2.99. The van der Waals surface area contributed by atoms with Crippen LogP contribution in [0.3, 0.4) is 0 Å². The molecular formula is C9H11NO4. The van der Waals surface area contributed by atoms with Crippen LogP contribution in [0.15, 0.2) is 17.3 Å². The highest BCUT2D eigenvalue weighted by Crippen LogP contribution is 2.36. The van der Waals surface area contributed by atoms with E-state index in [1.807, 2.05) is 0 Å². The molecule has 76 valence electrons. The monoisotopic (exact) mass is 197 g/mol. The van der Waals surface area contributed by atoms with Crippen LogP contribution in [0.1, 0.15) is 5.56 Å². The number of rotatable bonds is 3. The van der Waals surface area contributed by atoms with Crippen molar-refractivity contribution in [2.24, 2.45) is 5.16 Å². The number of hydrogen-bond acceptors (Lipinski definition) is 5. The van der Waals surface area contributed by atoms with E-state index in [0.717, 1.165) is 0 Å². The molecule has 0 saturated heterocycles. The average Bonchev–Trinajstić information content (AvgIpc) is 2.17. The molecule has 1 rings (SSSR count). The Morgan fingerprint density at radius 1 is 1.29 bits per heavy atom. The van der Waals surface area contributed by atoms with Crippen molar-refractivity contribution in [2.45, 2.75) is 0 Å². The van der Waals surface area contributed by atoms with E-state index in [-0.39, 0.29) is 11.5 Å². The van der Waals surface area contributed by atoms with Crippen LogP contribution in [0.25, 0.3) is 0 Å². The van der Waals surface area contributed by atoms with Gasteiger partial charge in [-0.1, -0.05) is 5.16 Å². The van der Waals surface area contributed by atoms with Crippen molar-refractivity contribution in [1.29, 1.82) is 0 Å². The first-order valence-electron chi connectivity index (χ1n) is 3.85. The number of nitrogens with zero attached hydrogens (tertiary/aromatic N) is 1. The van der Waals surface area contributed by atoms with Gasteiger partial charge >= 0.3 is 0 Å². The van der Waals surface area contributed by atoms with Crippen molar-refractivity contribution in [3.63, 3.8) is 0 Å². The van der Waals surface area contributed by atoms with Crippen molar-refractivity contribution in [3.05, 3.63) is 17.7 Å². The van der Waals surface area contributed by atoms with Gasteiger partial charge in [0.25, 0.3) is 0 Å². The van der Waals surface area contributed by atoms with Gasteiger partial charge in [0.15, 0.2) is 11.5 Å². The quantitative estimate of drug-likeness (QED) is 0.434. The number of hydrogen-bond donors (Lipinski definition) is 2. The highest BCUT2D eigenvalue weighted by atomic mass is 16.5. The smallest absolute Gasteiger partial charge is 0.203 e. The lowest BCUT2D eigenvalue weighted by molar-refractivity contribution is 0.321. The average molecular weight is 197 g/mol. The summed E-state index contributed by atoms with van der Waals surface area (Å²) in [6.07, 6.45) is 1.18. The zero-order chi connectivity index (χ0) is 10.6. The van der Waals surface area contributed by atoms with Gasteiger partial charge in [-0.25, -0.2) is 0 Å². The van der Waals surface area contributed by atoms with Gasteiger partial charge in [0.1, 0.15) is 0 Å². The third-order valence-corrected chi connectivity index (χ3v) is 1.69. The first-order valence-corrected chi connectivity index (χ1v) is 3.85. The van der Waals surface area contributed by atoms with E-state index in [1.54, 1.807) is 6.07 Å². The highest BCUT2D eigenvalue weighted by Gasteiger charge is 2.10. The summed E-state index contributed by atoms with van der Waals surface area (Å²) < 4.78 is 9.89. The standard InChI is InChI=1S/C9H11NO4/c1-13-8-4-6(5-10-12)3-7(11)9(8)14-2/h3-5,11-12H,1-2H3/b10-5+. The van der Waals surface area contributed by atoms with Gasteiger partial charge in [-0.2, -0.15) is 0 Å². The fourth-order valence-electron chi connectivity index (χ4n) is 1.11. The Kier molecular flexibility index (Phi) is 3.17. The normalized spacial score (nSPS) is 10.4. The maximum absolute atomic E-state index is 9.48. The van der Waals surface area contributed by atoms with Gasteiger partial charge in [0.2, 0.25) is 5.75 Å². The van der Waals surface area contributed by atoms with E-state index in [2.05, 4.69) is 5.16 Å². The van der Waals surface area contributed by atoms with Gasteiger partial charge in [-0.15, -0.1) is 0 Å². The van der Waals surface area contributed by atoms with E-state index in [1.165, 1.54) is 26.5 Å². The third kappa shape index (κ3) is 1.87. The summed E-state index contributed by atoms with van der Waals surface area (Å²) in [4.78, 5) is 0. The van der Waals surface area contributed by atoms with Crippen LogP contribution in [0.5, 0.6) is 17.2 Å². The first-order chi connectivity index (χ1) is 6.72. The molecule has 0 fully saturated rings. The molecular weight excluding hydrogens is 186 g/mol. The summed E-state index contributed by atoms with van der Waals surface area (Å²) in [7, 11) is 2.88. The minimum atomic E-state index is -0.0678. The van der Waals surface area contributed by atoms with Crippen molar-refractivity contribution in [3.8, 4) is 17.2 Å². The SMILES string of the molecule is COc1cc(/C=N/O)cc(O)c1OC. The highest BCUT2D eigenvalue weighted by molar-refractivity contribution is 5.81. The van der Waals surface area contributed by atoms with Crippen LogP contribution < -0.4 is 9.47 Å². The maximum Gasteiger partial charge on any atom is 0.203 e. The Bertz CT molecular complexity index is 349. The molecule has 0 aliphatic rings. The van der Waals surface area contributed by atoms with Crippen molar-refractivity contribution >= 4 is 6.21 Å². The molecule has 0 atom stereocenters. The molecule has 0 unspecified atom stereocenters. The Morgan fingerprint density at radius 3 is 2.50 bits per heavy atom. The Hall–Kier alpha value is -1.91. The fourth-order valence-corrected chi connectivity index (χ4v) is 1.11. The van der Waals surface area contributed by atoms with Crippen LogP contribution >= 0.6 is 0 Å². The molecule has 0 aliphatic heterocycles. The second-order valence-electron chi connectivity index (χ2n) is 2.52. The minimum Gasteiger partial charge on any atom is -0.504 e. The summed E-state index contributed by atoms with van der Waals surface area (Å²) in [5.74, 6) is 0.562. The van der Waals surface area contributed by atoms with Crippen LogP contribution in [-0.2, 0) is 0 Å². The van der Waals surface area contributed by atoms with Crippen molar-refractivity contribution in [1.82, 2.24) is 0 Å². The second kappa shape index (κ2) is 4.36. The summed E-state index contributed by atoms with van der Waals surface area (Å²) in [5, 5.41) is 20.6.